The molecule has 1 fully saturated rings. The number of nitro benzene ring substituents is 1. The average molecular weight is 447 g/mol. The molecular weight excluding hydrogens is 422 g/mol. The quantitative estimate of drug-likeness (QED) is 0.400. The largest absolute Gasteiger partial charge is 0.496 e. The molecule has 1 aliphatic rings. The van der Waals surface area contributed by atoms with E-state index in [9.17, 15) is 14.9 Å². The Labute approximate surface area is 192 Å². The number of methoxy groups -OCH3 is 1. The third-order valence-electron chi connectivity index (χ3n) is 5.64. The summed E-state index contributed by atoms with van der Waals surface area (Å²) in [5, 5.41) is 11.5. The van der Waals surface area contributed by atoms with Gasteiger partial charge in [0, 0.05) is 31.7 Å². The molecule has 0 saturated carbocycles. The Morgan fingerprint density at radius 3 is 2.24 bits per heavy atom. The Hall–Kier alpha value is -4.07. The highest BCUT2D eigenvalue weighted by molar-refractivity contribution is 5.94. The molecule has 0 unspecified atom stereocenters. The molecule has 4 rings (SSSR count). The first-order valence-electron chi connectivity index (χ1n) is 10.7. The van der Waals surface area contributed by atoms with Crippen LogP contribution in [0.4, 0.5) is 11.4 Å². The number of carbonyl (C=O) groups excluding carboxylic acids is 1. The number of nitrogens with zero attached hydrogens (tertiary/aromatic N) is 3. The van der Waals surface area contributed by atoms with E-state index in [0.717, 1.165) is 5.56 Å². The number of hydrogen-bond acceptors (Lipinski definition) is 6. The molecule has 8 nitrogen and oxygen atoms in total. The maximum Gasteiger partial charge on any atom is 0.296 e. The van der Waals surface area contributed by atoms with Crippen LogP contribution in [0, 0.1) is 10.1 Å². The lowest BCUT2D eigenvalue weighted by Gasteiger charge is -2.35. The molecular formula is C25H25N3O5. The molecule has 0 atom stereocenters. The second kappa shape index (κ2) is 10.0. The summed E-state index contributed by atoms with van der Waals surface area (Å²) in [7, 11) is 1.48. The maximum absolute atomic E-state index is 12.9. The highest BCUT2D eigenvalue weighted by Gasteiger charge is 2.26. The molecule has 0 aliphatic carbocycles. The summed E-state index contributed by atoms with van der Waals surface area (Å²) >= 11 is 0. The molecule has 1 saturated heterocycles. The first-order valence-corrected chi connectivity index (χ1v) is 10.7. The Morgan fingerprint density at radius 1 is 0.939 bits per heavy atom. The van der Waals surface area contributed by atoms with Gasteiger partial charge >= 0.3 is 0 Å². The Morgan fingerprint density at radius 2 is 1.61 bits per heavy atom. The zero-order valence-corrected chi connectivity index (χ0v) is 18.3. The molecule has 0 radical (unpaired) electrons. The van der Waals surface area contributed by atoms with E-state index in [4.69, 9.17) is 9.47 Å². The summed E-state index contributed by atoms with van der Waals surface area (Å²) in [6.07, 6.45) is 0. The molecule has 0 bridgehead atoms. The number of piperazine rings is 1. The van der Waals surface area contributed by atoms with Gasteiger partial charge in [-0.2, -0.15) is 0 Å². The second-order valence-electron chi connectivity index (χ2n) is 7.69. The van der Waals surface area contributed by atoms with E-state index in [1.807, 2.05) is 35.2 Å². The summed E-state index contributed by atoms with van der Waals surface area (Å²) in [6.45, 7) is 2.45. The predicted octanol–water partition coefficient (Wildman–Crippen LogP) is 4.14. The number of rotatable bonds is 7. The fourth-order valence-electron chi connectivity index (χ4n) is 3.81. The molecule has 170 valence electrons. The van der Waals surface area contributed by atoms with Gasteiger partial charge in [0.05, 0.1) is 18.1 Å². The minimum Gasteiger partial charge on any atom is -0.496 e. The summed E-state index contributed by atoms with van der Waals surface area (Å²) < 4.78 is 10.9. The van der Waals surface area contributed by atoms with Gasteiger partial charge in [-0.15, -0.1) is 0 Å². The van der Waals surface area contributed by atoms with Gasteiger partial charge in [0.2, 0.25) is 0 Å². The van der Waals surface area contributed by atoms with Crippen molar-refractivity contribution in [3.05, 3.63) is 94.0 Å². The van der Waals surface area contributed by atoms with Gasteiger partial charge in [-0.05, 0) is 42.0 Å². The van der Waals surface area contributed by atoms with Gasteiger partial charge in [-0.1, -0.05) is 30.3 Å². The number of amides is 1. The summed E-state index contributed by atoms with van der Waals surface area (Å²) in [4.78, 5) is 27.7. The van der Waals surface area contributed by atoms with E-state index >= 15 is 0 Å². The maximum atomic E-state index is 12.9. The van der Waals surface area contributed by atoms with E-state index in [1.54, 1.807) is 41.3 Å². The van der Waals surface area contributed by atoms with Gasteiger partial charge < -0.3 is 19.3 Å². The van der Waals surface area contributed by atoms with E-state index in [2.05, 4.69) is 0 Å². The molecule has 3 aromatic rings. The number of nitro groups is 1. The van der Waals surface area contributed by atoms with Crippen LogP contribution in [0.3, 0.4) is 0 Å². The van der Waals surface area contributed by atoms with Crippen LogP contribution in [0.2, 0.25) is 0 Å². The lowest BCUT2D eigenvalue weighted by molar-refractivity contribution is -0.384. The van der Waals surface area contributed by atoms with Crippen LogP contribution in [0.1, 0.15) is 15.9 Å². The monoisotopic (exact) mass is 447 g/mol. The molecule has 0 spiro atoms. The highest BCUT2D eigenvalue weighted by Crippen LogP contribution is 2.32. The van der Waals surface area contributed by atoms with Crippen LogP contribution in [-0.4, -0.2) is 49.0 Å². The van der Waals surface area contributed by atoms with Crippen molar-refractivity contribution in [1.82, 2.24) is 4.90 Å². The van der Waals surface area contributed by atoms with Gasteiger partial charge in [-0.25, -0.2) is 0 Å². The van der Waals surface area contributed by atoms with E-state index < -0.39 is 4.92 Å². The Balaban J connectivity index is 1.35. The normalized spacial score (nSPS) is 13.5. The molecule has 8 heteroatoms. The van der Waals surface area contributed by atoms with Crippen LogP contribution in [-0.2, 0) is 6.61 Å². The number of benzene rings is 3. The van der Waals surface area contributed by atoms with Crippen LogP contribution < -0.4 is 14.4 Å². The van der Waals surface area contributed by atoms with Crippen molar-refractivity contribution in [3.63, 3.8) is 0 Å². The minimum absolute atomic E-state index is 0.000202. The molecule has 1 heterocycles. The zero-order chi connectivity index (χ0) is 23.2. The standard InChI is InChI=1S/C25H25N3O5/c1-32-22-11-12-23(24(17-22)28(30)31)26-13-15-27(16-14-26)25(29)20-7-9-21(10-8-20)33-18-19-5-3-2-4-6-19/h2-12,17H,13-16,18H2,1H3. The third kappa shape index (κ3) is 5.23. The summed E-state index contributed by atoms with van der Waals surface area (Å²) in [6, 6.07) is 21.9. The van der Waals surface area contributed by atoms with Crippen molar-refractivity contribution in [3.8, 4) is 11.5 Å². The van der Waals surface area contributed by atoms with Crippen molar-refractivity contribution >= 4 is 17.3 Å². The third-order valence-corrected chi connectivity index (χ3v) is 5.64. The lowest BCUT2D eigenvalue weighted by Crippen LogP contribution is -2.48. The van der Waals surface area contributed by atoms with Crippen LogP contribution >= 0.6 is 0 Å². The summed E-state index contributed by atoms with van der Waals surface area (Å²) in [5.74, 6) is 1.08. The number of carbonyl (C=O) groups is 1. The first kappa shape index (κ1) is 22.1. The Kier molecular flexibility index (Phi) is 6.73. The van der Waals surface area contributed by atoms with Crippen molar-refractivity contribution < 1.29 is 19.2 Å². The number of anilines is 1. The predicted molar refractivity (Wildman–Crippen MR) is 125 cm³/mol. The van der Waals surface area contributed by atoms with E-state index in [-0.39, 0.29) is 11.6 Å². The van der Waals surface area contributed by atoms with Crippen molar-refractivity contribution in [2.75, 3.05) is 38.2 Å². The van der Waals surface area contributed by atoms with E-state index in [0.29, 0.717) is 55.5 Å². The highest BCUT2D eigenvalue weighted by atomic mass is 16.6. The topological polar surface area (TPSA) is 85.2 Å². The number of hydrogen-bond donors (Lipinski definition) is 0. The average Bonchev–Trinajstić information content (AvgIpc) is 2.87. The van der Waals surface area contributed by atoms with Gasteiger partial charge in [0.1, 0.15) is 23.8 Å². The van der Waals surface area contributed by atoms with Gasteiger partial charge in [-0.3, -0.25) is 14.9 Å². The summed E-state index contributed by atoms with van der Waals surface area (Å²) in [5.41, 5.74) is 2.20. The number of ether oxygens (including phenoxy) is 2. The molecule has 33 heavy (non-hydrogen) atoms. The smallest absolute Gasteiger partial charge is 0.296 e. The van der Waals surface area contributed by atoms with Crippen molar-refractivity contribution in [2.45, 2.75) is 6.61 Å². The lowest BCUT2D eigenvalue weighted by atomic mass is 10.1. The second-order valence-corrected chi connectivity index (χ2v) is 7.69. The van der Waals surface area contributed by atoms with Crippen LogP contribution in [0.15, 0.2) is 72.8 Å². The van der Waals surface area contributed by atoms with Gasteiger partial charge in [0.25, 0.3) is 11.6 Å². The fraction of sp³-hybridized carbons (Fsp3) is 0.240. The van der Waals surface area contributed by atoms with E-state index in [1.165, 1.54) is 13.2 Å². The van der Waals surface area contributed by atoms with Crippen LogP contribution in [0.25, 0.3) is 0 Å². The minimum atomic E-state index is -0.406. The van der Waals surface area contributed by atoms with Crippen molar-refractivity contribution in [1.29, 1.82) is 0 Å². The molecule has 0 N–H and O–H groups in total. The van der Waals surface area contributed by atoms with Gasteiger partial charge in [0.15, 0.2) is 0 Å². The zero-order valence-electron chi connectivity index (χ0n) is 18.3. The Bertz CT molecular complexity index is 1110. The molecule has 1 amide bonds. The first-order chi connectivity index (χ1) is 16.0. The van der Waals surface area contributed by atoms with Crippen molar-refractivity contribution in [2.24, 2.45) is 0 Å². The SMILES string of the molecule is COc1ccc(N2CCN(C(=O)c3ccc(OCc4ccccc4)cc3)CC2)c([N+](=O)[O-])c1. The molecule has 1 aliphatic heterocycles. The van der Waals surface area contributed by atoms with Crippen LogP contribution in [0.5, 0.6) is 11.5 Å². The molecule has 3 aromatic carbocycles. The molecule has 0 aromatic heterocycles. The fourth-order valence-corrected chi connectivity index (χ4v) is 3.81.